The summed E-state index contributed by atoms with van der Waals surface area (Å²) in [6.07, 6.45) is 0.563. The van der Waals surface area contributed by atoms with Gasteiger partial charge in [-0.2, -0.15) is 0 Å². The molecule has 0 saturated carbocycles. The molecule has 4 nitrogen and oxygen atoms in total. The Morgan fingerprint density at radius 2 is 1.95 bits per heavy atom. The van der Waals surface area contributed by atoms with Gasteiger partial charge < -0.3 is 9.47 Å². The molecule has 0 aliphatic heterocycles. The van der Waals surface area contributed by atoms with Crippen molar-refractivity contribution in [3.05, 3.63) is 58.4 Å². The van der Waals surface area contributed by atoms with Crippen molar-refractivity contribution in [2.24, 2.45) is 0 Å². The van der Waals surface area contributed by atoms with Gasteiger partial charge in [-0.3, -0.25) is 9.59 Å². The molecule has 2 aromatic rings. The number of ether oxygens (including phenoxy) is 2. The van der Waals surface area contributed by atoms with Crippen LogP contribution in [0.15, 0.2) is 36.4 Å². The molecule has 0 aromatic heterocycles. The third-order valence-corrected chi connectivity index (χ3v) is 3.15. The van der Waals surface area contributed by atoms with Crippen LogP contribution in [0.1, 0.15) is 15.9 Å². The molecule has 0 atom stereocenters. The quantitative estimate of drug-likeness (QED) is 0.480. The summed E-state index contributed by atoms with van der Waals surface area (Å²) < 4.78 is 23.1. The maximum Gasteiger partial charge on any atom is 0.315 e. The second-order valence-corrected chi connectivity index (χ2v) is 4.84. The highest BCUT2D eigenvalue weighted by atomic mass is 35.5. The molecule has 0 aliphatic carbocycles. The number of esters is 1. The van der Waals surface area contributed by atoms with Crippen LogP contribution in [-0.2, 0) is 11.2 Å². The van der Waals surface area contributed by atoms with Gasteiger partial charge in [0, 0.05) is 5.56 Å². The second kappa shape index (κ2) is 7.04. The molecule has 0 heterocycles. The van der Waals surface area contributed by atoms with Gasteiger partial charge in [-0.05, 0) is 29.8 Å². The zero-order valence-electron chi connectivity index (χ0n) is 11.6. The van der Waals surface area contributed by atoms with Crippen molar-refractivity contribution in [3.8, 4) is 11.5 Å². The Morgan fingerprint density at radius 1 is 1.27 bits per heavy atom. The Labute approximate surface area is 131 Å². The van der Waals surface area contributed by atoms with Gasteiger partial charge in [0.05, 0.1) is 18.6 Å². The Kier molecular flexibility index (Phi) is 5.12. The maximum atomic E-state index is 12.8. The number of carbonyl (C=O) groups is 2. The monoisotopic (exact) mass is 322 g/mol. The summed E-state index contributed by atoms with van der Waals surface area (Å²) >= 11 is 5.99. The van der Waals surface area contributed by atoms with Crippen molar-refractivity contribution in [2.75, 3.05) is 7.11 Å². The predicted molar refractivity (Wildman–Crippen MR) is 79.1 cm³/mol. The average molecular weight is 323 g/mol. The Bertz CT molecular complexity index is 698. The van der Waals surface area contributed by atoms with Crippen LogP contribution in [0.4, 0.5) is 4.39 Å². The third-order valence-electron chi connectivity index (χ3n) is 2.87. The SMILES string of the molecule is COc1cc(C=O)cc(Cl)c1OC(=O)Cc1ccc(F)cc1. The lowest BCUT2D eigenvalue weighted by Crippen LogP contribution is -2.12. The standard InChI is InChI=1S/C16H12ClFO4/c1-21-14-7-11(9-19)6-13(17)16(14)22-15(20)8-10-2-4-12(18)5-3-10/h2-7,9H,8H2,1H3. The van der Waals surface area contributed by atoms with Gasteiger partial charge in [-0.15, -0.1) is 0 Å². The number of aldehydes is 1. The molecule has 0 aliphatic rings. The number of carbonyl (C=O) groups excluding carboxylic acids is 2. The first-order valence-corrected chi connectivity index (χ1v) is 6.69. The van der Waals surface area contributed by atoms with Crippen molar-refractivity contribution < 1.29 is 23.5 Å². The summed E-state index contributed by atoms with van der Waals surface area (Å²) in [6, 6.07) is 8.29. The first-order chi connectivity index (χ1) is 10.5. The molecule has 0 radical (unpaired) electrons. The molecule has 0 bridgehead atoms. The highest BCUT2D eigenvalue weighted by molar-refractivity contribution is 6.32. The summed E-state index contributed by atoms with van der Waals surface area (Å²) in [5, 5.41) is 0.0916. The Hall–Kier alpha value is -2.40. The lowest BCUT2D eigenvalue weighted by atomic mass is 10.1. The molecule has 22 heavy (non-hydrogen) atoms. The minimum Gasteiger partial charge on any atom is -0.493 e. The summed E-state index contributed by atoms with van der Waals surface area (Å²) in [5.41, 5.74) is 0.909. The zero-order valence-corrected chi connectivity index (χ0v) is 12.4. The summed E-state index contributed by atoms with van der Waals surface area (Å²) in [6.45, 7) is 0. The van der Waals surface area contributed by atoms with Crippen LogP contribution >= 0.6 is 11.6 Å². The van der Waals surface area contributed by atoms with E-state index in [4.69, 9.17) is 21.1 Å². The number of hydrogen-bond donors (Lipinski definition) is 0. The number of methoxy groups -OCH3 is 1. The zero-order chi connectivity index (χ0) is 16.1. The van der Waals surface area contributed by atoms with E-state index in [-0.39, 0.29) is 28.8 Å². The van der Waals surface area contributed by atoms with E-state index >= 15 is 0 Å². The smallest absolute Gasteiger partial charge is 0.315 e. The van der Waals surface area contributed by atoms with E-state index in [1.807, 2.05) is 0 Å². The van der Waals surface area contributed by atoms with Crippen molar-refractivity contribution in [1.29, 1.82) is 0 Å². The van der Waals surface area contributed by atoms with Crippen LogP contribution in [0.3, 0.4) is 0 Å². The Balaban J connectivity index is 2.17. The summed E-state index contributed by atoms with van der Waals surface area (Å²) in [7, 11) is 1.37. The van der Waals surface area contributed by atoms with Gasteiger partial charge in [-0.25, -0.2) is 4.39 Å². The molecule has 2 aromatic carbocycles. The first kappa shape index (κ1) is 16.0. The van der Waals surface area contributed by atoms with E-state index in [1.165, 1.54) is 43.5 Å². The lowest BCUT2D eigenvalue weighted by Gasteiger charge is -2.11. The first-order valence-electron chi connectivity index (χ1n) is 6.31. The Morgan fingerprint density at radius 3 is 2.55 bits per heavy atom. The van der Waals surface area contributed by atoms with Crippen molar-refractivity contribution in [1.82, 2.24) is 0 Å². The van der Waals surface area contributed by atoms with Crippen LogP contribution in [0.25, 0.3) is 0 Å². The highest BCUT2D eigenvalue weighted by Gasteiger charge is 2.16. The van der Waals surface area contributed by atoms with Gasteiger partial charge in [0.25, 0.3) is 0 Å². The molecule has 0 N–H and O–H groups in total. The number of hydrogen-bond acceptors (Lipinski definition) is 4. The molecule has 0 spiro atoms. The molecular formula is C16H12ClFO4. The fourth-order valence-electron chi connectivity index (χ4n) is 1.83. The van der Waals surface area contributed by atoms with Gasteiger partial charge >= 0.3 is 5.97 Å². The average Bonchev–Trinajstić information content (AvgIpc) is 2.51. The predicted octanol–water partition coefficient (Wildman–Crippen LogP) is 3.45. The number of halogens is 2. The summed E-state index contributed by atoms with van der Waals surface area (Å²) in [5.74, 6) is -0.735. The van der Waals surface area contributed by atoms with E-state index in [1.54, 1.807) is 0 Å². The maximum absolute atomic E-state index is 12.8. The van der Waals surface area contributed by atoms with E-state index in [9.17, 15) is 14.0 Å². The highest BCUT2D eigenvalue weighted by Crippen LogP contribution is 2.36. The van der Waals surface area contributed by atoms with E-state index in [2.05, 4.69) is 0 Å². The molecule has 0 unspecified atom stereocenters. The van der Waals surface area contributed by atoms with Crippen LogP contribution in [-0.4, -0.2) is 19.4 Å². The topological polar surface area (TPSA) is 52.6 Å². The fourth-order valence-corrected chi connectivity index (χ4v) is 2.08. The van der Waals surface area contributed by atoms with Gasteiger partial charge in [0.2, 0.25) is 0 Å². The number of benzene rings is 2. The molecule has 6 heteroatoms. The normalized spacial score (nSPS) is 10.1. The minimum atomic E-state index is -0.578. The van der Waals surface area contributed by atoms with Crippen LogP contribution < -0.4 is 9.47 Å². The van der Waals surface area contributed by atoms with E-state index in [0.29, 0.717) is 17.4 Å². The fraction of sp³-hybridized carbons (Fsp3) is 0.125. The van der Waals surface area contributed by atoms with Gasteiger partial charge in [0.15, 0.2) is 11.5 Å². The molecule has 0 amide bonds. The van der Waals surface area contributed by atoms with Gasteiger partial charge in [-0.1, -0.05) is 23.7 Å². The van der Waals surface area contributed by atoms with Crippen LogP contribution in [0.2, 0.25) is 5.02 Å². The summed E-state index contributed by atoms with van der Waals surface area (Å²) in [4.78, 5) is 22.7. The molecular weight excluding hydrogens is 311 g/mol. The van der Waals surface area contributed by atoms with E-state index in [0.717, 1.165) is 0 Å². The second-order valence-electron chi connectivity index (χ2n) is 4.43. The molecule has 2 rings (SSSR count). The molecule has 114 valence electrons. The molecule has 0 fully saturated rings. The van der Waals surface area contributed by atoms with Crippen LogP contribution in [0, 0.1) is 5.82 Å². The minimum absolute atomic E-state index is 0.0434. The lowest BCUT2D eigenvalue weighted by molar-refractivity contribution is -0.133. The van der Waals surface area contributed by atoms with Gasteiger partial charge in [0.1, 0.15) is 12.1 Å². The third kappa shape index (κ3) is 3.83. The van der Waals surface area contributed by atoms with E-state index < -0.39 is 5.97 Å². The van der Waals surface area contributed by atoms with Crippen molar-refractivity contribution in [2.45, 2.75) is 6.42 Å². The van der Waals surface area contributed by atoms with Crippen molar-refractivity contribution >= 4 is 23.9 Å². The largest absolute Gasteiger partial charge is 0.493 e. The molecule has 0 saturated heterocycles. The number of rotatable bonds is 5. The van der Waals surface area contributed by atoms with Crippen molar-refractivity contribution in [3.63, 3.8) is 0 Å². The van der Waals surface area contributed by atoms with Crippen LogP contribution in [0.5, 0.6) is 11.5 Å².